The number of fused-ring (bicyclic) bond motifs is 1. The van der Waals surface area contributed by atoms with E-state index in [-0.39, 0.29) is 5.82 Å². The fraction of sp³-hybridized carbons (Fsp3) is 0.0625. The summed E-state index contributed by atoms with van der Waals surface area (Å²) in [5.41, 5.74) is 2.76. The molecule has 2 aromatic carbocycles. The van der Waals surface area contributed by atoms with Gasteiger partial charge in [0.1, 0.15) is 5.82 Å². The molecule has 0 bridgehead atoms. The highest BCUT2D eigenvalue weighted by atomic mass is 79.9. The summed E-state index contributed by atoms with van der Waals surface area (Å²) in [6, 6.07) is 14.6. The molecule has 3 rings (SSSR count). The zero-order chi connectivity index (χ0) is 13.9. The molecule has 0 saturated heterocycles. The van der Waals surface area contributed by atoms with Crippen molar-refractivity contribution < 1.29 is 4.39 Å². The maximum atomic E-state index is 13.1. The molecule has 0 fully saturated rings. The minimum Gasteiger partial charge on any atom is -0.379 e. The third kappa shape index (κ3) is 2.80. The number of halogens is 2. The predicted octanol–water partition coefficient (Wildman–Crippen LogP) is 4.75. The van der Waals surface area contributed by atoms with E-state index in [2.05, 4.69) is 26.2 Å². The molecule has 1 heterocycles. The summed E-state index contributed by atoms with van der Waals surface area (Å²) in [5.74, 6) is -0.218. The van der Waals surface area contributed by atoms with Crippen molar-refractivity contribution in [2.45, 2.75) is 6.54 Å². The number of hydrogen-bond acceptors (Lipinski definition) is 2. The average molecular weight is 331 g/mol. The van der Waals surface area contributed by atoms with Crippen molar-refractivity contribution in [3.05, 3.63) is 70.6 Å². The van der Waals surface area contributed by atoms with Crippen LogP contribution in [0.15, 0.2) is 59.2 Å². The normalized spacial score (nSPS) is 10.7. The van der Waals surface area contributed by atoms with Gasteiger partial charge in [-0.25, -0.2) is 4.39 Å². The van der Waals surface area contributed by atoms with E-state index in [0.29, 0.717) is 6.54 Å². The minimum absolute atomic E-state index is 0.218. The summed E-state index contributed by atoms with van der Waals surface area (Å²) in [5, 5.41) is 4.37. The fourth-order valence-corrected chi connectivity index (χ4v) is 2.47. The molecule has 100 valence electrons. The molecule has 0 unspecified atom stereocenters. The highest BCUT2D eigenvalue weighted by Gasteiger charge is 2.03. The number of para-hydroxylation sites is 1. The Bertz CT molecular complexity index is 758. The molecular formula is C16H12BrFN2. The van der Waals surface area contributed by atoms with Crippen molar-refractivity contribution in [1.29, 1.82) is 0 Å². The molecule has 2 nitrogen and oxygen atoms in total. The number of anilines is 1. The van der Waals surface area contributed by atoms with Gasteiger partial charge in [0, 0.05) is 22.6 Å². The van der Waals surface area contributed by atoms with Crippen LogP contribution in [0.4, 0.5) is 10.1 Å². The van der Waals surface area contributed by atoms with Gasteiger partial charge in [-0.2, -0.15) is 0 Å². The van der Waals surface area contributed by atoms with Gasteiger partial charge in [0.2, 0.25) is 0 Å². The Morgan fingerprint density at radius 1 is 1.10 bits per heavy atom. The Kier molecular flexibility index (Phi) is 3.65. The number of pyridine rings is 1. The number of aromatic nitrogens is 1. The molecule has 0 aliphatic heterocycles. The van der Waals surface area contributed by atoms with E-state index in [1.807, 2.05) is 30.3 Å². The van der Waals surface area contributed by atoms with E-state index in [4.69, 9.17) is 0 Å². The van der Waals surface area contributed by atoms with Crippen LogP contribution in [-0.4, -0.2) is 4.98 Å². The van der Waals surface area contributed by atoms with Crippen LogP contribution in [0.2, 0.25) is 0 Å². The van der Waals surface area contributed by atoms with Gasteiger partial charge >= 0.3 is 0 Å². The number of rotatable bonds is 3. The first-order valence-corrected chi connectivity index (χ1v) is 7.04. The second-order valence-corrected chi connectivity index (χ2v) is 5.43. The van der Waals surface area contributed by atoms with Gasteiger partial charge in [-0.3, -0.25) is 4.98 Å². The van der Waals surface area contributed by atoms with Gasteiger partial charge in [0.25, 0.3) is 0 Å². The summed E-state index contributed by atoms with van der Waals surface area (Å²) in [6.45, 7) is 0.564. The summed E-state index contributed by atoms with van der Waals surface area (Å²) < 4.78 is 14.1. The molecule has 0 radical (unpaired) electrons. The Labute approximate surface area is 124 Å². The van der Waals surface area contributed by atoms with Gasteiger partial charge in [0.15, 0.2) is 0 Å². The van der Waals surface area contributed by atoms with Crippen LogP contribution in [-0.2, 0) is 6.54 Å². The zero-order valence-electron chi connectivity index (χ0n) is 10.6. The molecular weight excluding hydrogens is 319 g/mol. The van der Waals surface area contributed by atoms with Crippen molar-refractivity contribution >= 4 is 32.5 Å². The molecule has 1 aromatic heterocycles. The lowest BCUT2D eigenvalue weighted by atomic mass is 10.1. The molecule has 0 spiro atoms. The summed E-state index contributed by atoms with van der Waals surface area (Å²) in [6.07, 6.45) is 1.77. The van der Waals surface area contributed by atoms with Crippen LogP contribution >= 0.6 is 15.9 Å². The Balaban J connectivity index is 1.87. The van der Waals surface area contributed by atoms with Crippen molar-refractivity contribution in [1.82, 2.24) is 4.98 Å². The van der Waals surface area contributed by atoms with E-state index >= 15 is 0 Å². The highest BCUT2D eigenvalue weighted by molar-refractivity contribution is 9.10. The lowest BCUT2D eigenvalue weighted by Gasteiger charge is -2.09. The number of hydrogen-bond donors (Lipinski definition) is 1. The molecule has 0 saturated carbocycles. The second kappa shape index (κ2) is 5.59. The van der Waals surface area contributed by atoms with E-state index < -0.39 is 0 Å². The van der Waals surface area contributed by atoms with Gasteiger partial charge in [-0.1, -0.05) is 24.3 Å². The standard InChI is InChI=1S/C16H12BrFN2/c17-13-8-12-4-2-6-15(16(12)20-10-13)19-9-11-3-1-5-14(18)7-11/h1-8,10,19H,9H2. The third-order valence-corrected chi connectivity index (χ3v) is 3.48. The molecule has 0 aliphatic rings. The Hall–Kier alpha value is -1.94. The van der Waals surface area contributed by atoms with E-state index in [1.165, 1.54) is 12.1 Å². The van der Waals surface area contributed by atoms with Crippen LogP contribution in [0, 0.1) is 5.82 Å². The maximum Gasteiger partial charge on any atom is 0.123 e. The predicted molar refractivity (Wildman–Crippen MR) is 83.2 cm³/mol. The van der Waals surface area contributed by atoms with Crippen molar-refractivity contribution in [2.75, 3.05) is 5.32 Å². The molecule has 3 aromatic rings. The number of benzene rings is 2. The Morgan fingerprint density at radius 2 is 1.95 bits per heavy atom. The minimum atomic E-state index is -0.218. The first-order chi connectivity index (χ1) is 9.72. The molecule has 0 atom stereocenters. The van der Waals surface area contributed by atoms with Gasteiger partial charge in [-0.05, 0) is 45.8 Å². The monoisotopic (exact) mass is 330 g/mol. The number of nitrogens with zero attached hydrogens (tertiary/aromatic N) is 1. The highest BCUT2D eigenvalue weighted by Crippen LogP contribution is 2.24. The lowest BCUT2D eigenvalue weighted by molar-refractivity contribution is 0.626. The van der Waals surface area contributed by atoms with E-state index in [9.17, 15) is 4.39 Å². The zero-order valence-corrected chi connectivity index (χ0v) is 12.2. The summed E-state index contributed by atoms with van der Waals surface area (Å²) in [4.78, 5) is 4.43. The topological polar surface area (TPSA) is 24.9 Å². The van der Waals surface area contributed by atoms with Crippen LogP contribution in [0.25, 0.3) is 10.9 Å². The molecule has 0 aliphatic carbocycles. The van der Waals surface area contributed by atoms with Crippen molar-refractivity contribution in [3.63, 3.8) is 0 Å². The second-order valence-electron chi connectivity index (χ2n) is 4.51. The summed E-state index contributed by atoms with van der Waals surface area (Å²) in [7, 11) is 0. The van der Waals surface area contributed by atoms with Crippen LogP contribution in [0.3, 0.4) is 0 Å². The molecule has 1 N–H and O–H groups in total. The average Bonchev–Trinajstić information content (AvgIpc) is 2.44. The lowest BCUT2D eigenvalue weighted by Crippen LogP contribution is -2.00. The fourth-order valence-electron chi connectivity index (χ4n) is 2.12. The SMILES string of the molecule is Fc1cccc(CNc2cccc3cc(Br)cnc23)c1. The van der Waals surface area contributed by atoms with Crippen molar-refractivity contribution in [3.8, 4) is 0 Å². The van der Waals surface area contributed by atoms with Gasteiger partial charge in [-0.15, -0.1) is 0 Å². The van der Waals surface area contributed by atoms with E-state index in [1.54, 1.807) is 12.3 Å². The van der Waals surface area contributed by atoms with Crippen LogP contribution in [0.5, 0.6) is 0 Å². The largest absolute Gasteiger partial charge is 0.379 e. The first kappa shape index (κ1) is 13.1. The third-order valence-electron chi connectivity index (χ3n) is 3.05. The summed E-state index contributed by atoms with van der Waals surface area (Å²) >= 11 is 3.42. The molecule has 0 amide bonds. The van der Waals surface area contributed by atoms with Crippen molar-refractivity contribution in [2.24, 2.45) is 0 Å². The van der Waals surface area contributed by atoms with E-state index in [0.717, 1.165) is 26.6 Å². The van der Waals surface area contributed by atoms with Gasteiger partial charge in [0.05, 0.1) is 11.2 Å². The molecule has 4 heteroatoms. The quantitative estimate of drug-likeness (QED) is 0.749. The Morgan fingerprint density at radius 3 is 2.80 bits per heavy atom. The van der Waals surface area contributed by atoms with Gasteiger partial charge < -0.3 is 5.32 Å². The molecule has 20 heavy (non-hydrogen) atoms. The number of nitrogens with one attached hydrogen (secondary N) is 1. The smallest absolute Gasteiger partial charge is 0.123 e. The first-order valence-electron chi connectivity index (χ1n) is 6.25. The van der Waals surface area contributed by atoms with Crippen LogP contribution < -0.4 is 5.32 Å². The maximum absolute atomic E-state index is 13.1. The van der Waals surface area contributed by atoms with Crippen LogP contribution in [0.1, 0.15) is 5.56 Å².